The minimum Gasteiger partial charge on any atom is -0.459 e. The summed E-state index contributed by atoms with van der Waals surface area (Å²) in [4.78, 5) is 22.7. The summed E-state index contributed by atoms with van der Waals surface area (Å²) in [6.45, 7) is 6.19. The Kier molecular flexibility index (Phi) is 3.91. The Morgan fingerprint density at radius 2 is 2.06 bits per heavy atom. The molecule has 0 spiro atoms. The maximum Gasteiger partial charge on any atom is 0.323 e. The number of nitrogens with one attached hydrogen (secondary N) is 1. The molecule has 3 N–H and O–H groups in total. The highest BCUT2D eigenvalue weighted by atomic mass is 16.6. The average Bonchev–Trinajstić information content (AvgIpc) is 2.47. The number of esters is 1. The smallest absolute Gasteiger partial charge is 0.323 e. The third kappa shape index (κ3) is 3.81. The lowest BCUT2D eigenvalue weighted by atomic mass is 9.96. The Balaban J connectivity index is 2.57. The molecule has 1 heterocycles. The average molecular weight is 228 g/mol. The Labute approximate surface area is 95.7 Å². The summed E-state index contributed by atoms with van der Waals surface area (Å²) in [6.07, 6.45) is 1.02. The van der Waals surface area contributed by atoms with Crippen molar-refractivity contribution in [1.29, 1.82) is 0 Å². The van der Waals surface area contributed by atoms with Crippen LogP contribution in [-0.2, 0) is 14.3 Å². The summed E-state index contributed by atoms with van der Waals surface area (Å²) in [6, 6.07) is -0.397. The summed E-state index contributed by atoms with van der Waals surface area (Å²) in [5.74, 6) is -0.703. The van der Waals surface area contributed by atoms with Crippen LogP contribution >= 0.6 is 0 Å². The molecule has 0 aromatic heterocycles. The second-order valence-electron chi connectivity index (χ2n) is 5.18. The van der Waals surface area contributed by atoms with Crippen molar-refractivity contribution in [3.05, 3.63) is 0 Å². The Hall–Kier alpha value is -1.10. The van der Waals surface area contributed by atoms with Crippen LogP contribution < -0.4 is 11.1 Å². The second kappa shape index (κ2) is 4.82. The van der Waals surface area contributed by atoms with E-state index in [9.17, 15) is 9.59 Å². The van der Waals surface area contributed by atoms with Gasteiger partial charge in [-0.1, -0.05) is 0 Å². The lowest BCUT2D eigenvalue weighted by Gasteiger charge is -2.24. The van der Waals surface area contributed by atoms with Crippen molar-refractivity contribution in [3.63, 3.8) is 0 Å². The zero-order valence-electron chi connectivity index (χ0n) is 10.1. The van der Waals surface area contributed by atoms with Crippen LogP contribution in [0.3, 0.4) is 0 Å². The molecule has 0 unspecified atom stereocenters. The molecule has 0 aromatic carbocycles. The lowest BCUT2D eigenvalue weighted by molar-refractivity contribution is -0.158. The molecule has 0 saturated carbocycles. The first-order valence-electron chi connectivity index (χ1n) is 5.54. The molecule has 2 atom stereocenters. The van der Waals surface area contributed by atoms with E-state index in [1.807, 2.05) is 20.8 Å². The minimum absolute atomic E-state index is 0.0349. The van der Waals surface area contributed by atoms with Gasteiger partial charge < -0.3 is 15.8 Å². The van der Waals surface area contributed by atoms with E-state index in [0.717, 1.165) is 13.0 Å². The van der Waals surface area contributed by atoms with E-state index in [4.69, 9.17) is 10.5 Å². The summed E-state index contributed by atoms with van der Waals surface area (Å²) in [5.41, 5.74) is 4.64. The molecular formula is C11H20N2O3. The lowest BCUT2D eigenvalue weighted by Crippen LogP contribution is -2.41. The van der Waals surface area contributed by atoms with E-state index in [1.165, 1.54) is 0 Å². The van der Waals surface area contributed by atoms with Crippen molar-refractivity contribution in [1.82, 2.24) is 5.32 Å². The molecule has 1 rings (SSSR count). The Morgan fingerprint density at radius 3 is 2.56 bits per heavy atom. The van der Waals surface area contributed by atoms with Crippen LogP contribution in [0, 0.1) is 5.92 Å². The fourth-order valence-corrected chi connectivity index (χ4v) is 1.88. The van der Waals surface area contributed by atoms with Crippen LogP contribution in [0.5, 0.6) is 0 Å². The molecule has 1 aliphatic heterocycles. The van der Waals surface area contributed by atoms with Crippen molar-refractivity contribution in [3.8, 4) is 0 Å². The van der Waals surface area contributed by atoms with Crippen LogP contribution in [0.1, 0.15) is 33.6 Å². The van der Waals surface area contributed by atoms with E-state index in [0.29, 0.717) is 0 Å². The number of ether oxygens (including phenoxy) is 1. The predicted octanol–water partition coefficient (Wildman–Crippen LogP) is 0.182. The van der Waals surface area contributed by atoms with Gasteiger partial charge in [-0.2, -0.15) is 0 Å². The van der Waals surface area contributed by atoms with Crippen molar-refractivity contribution >= 4 is 11.9 Å². The maximum atomic E-state index is 11.8. The van der Waals surface area contributed by atoms with E-state index in [1.54, 1.807) is 0 Å². The molecule has 0 bridgehead atoms. The first-order chi connectivity index (χ1) is 7.29. The van der Waals surface area contributed by atoms with Gasteiger partial charge in [0.1, 0.15) is 11.6 Å². The standard InChI is InChI=1S/C11H20N2O3/c1-11(2,3)16-10(15)9-7(4-5-13-9)6-8(12)14/h7,9,13H,4-6H2,1-3H3,(H2,12,14)/t7-,9-/m0/s1. The van der Waals surface area contributed by atoms with Crippen molar-refractivity contribution in [2.75, 3.05) is 6.54 Å². The molecular weight excluding hydrogens is 208 g/mol. The van der Waals surface area contributed by atoms with Gasteiger partial charge in [0.2, 0.25) is 5.91 Å². The molecule has 1 aliphatic rings. The number of nitrogens with two attached hydrogens (primary N) is 1. The molecule has 5 nitrogen and oxygen atoms in total. The number of primary amides is 1. The monoisotopic (exact) mass is 228 g/mol. The summed E-state index contributed by atoms with van der Waals surface area (Å²) in [7, 11) is 0. The van der Waals surface area contributed by atoms with Gasteiger partial charge >= 0.3 is 5.97 Å². The van der Waals surface area contributed by atoms with Crippen LogP contribution in [-0.4, -0.2) is 30.1 Å². The highest BCUT2D eigenvalue weighted by Crippen LogP contribution is 2.22. The third-order valence-electron chi connectivity index (χ3n) is 2.47. The highest BCUT2D eigenvalue weighted by molar-refractivity contribution is 5.79. The second-order valence-corrected chi connectivity index (χ2v) is 5.18. The van der Waals surface area contributed by atoms with Gasteiger partial charge in [0.25, 0.3) is 0 Å². The quantitative estimate of drug-likeness (QED) is 0.675. The summed E-state index contributed by atoms with van der Waals surface area (Å²) < 4.78 is 5.28. The largest absolute Gasteiger partial charge is 0.459 e. The molecule has 1 amide bonds. The van der Waals surface area contributed by atoms with Crippen molar-refractivity contribution in [2.45, 2.75) is 45.3 Å². The van der Waals surface area contributed by atoms with Crippen LogP contribution in [0.2, 0.25) is 0 Å². The fraction of sp³-hybridized carbons (Fsp3) is 0.818. The summed E-state index contributed by atoms with van der Waals surface area (Å²) in [5, 5.41) is 3.05. The number of hydrogen-bond donors (Lipinski definition) is 2. The number of hydrogen-bond acceptors (Lipinski definition) is 4. The van der Waals surface area contributed by atoms with E-state index in [-0.39, 0.29) is 24.2 Å². The Bertz CT molecular complexity index is 283. The van der Waals surface area contributed by atoms with E-state index in [2.05, 4.69) is 5.32 Å². The molecule has 0 radical (unpaired) electrons. The van der Waals surface area contributed by atoms with Gasteiger partial charge in [0.15, 0.2) is 0 Å². The van der Waals surface area contributed by atoms with Crippen molar-refractivity contribution < 1.29 is 14.3 Å². The molecule has 1 fully saturated rings. The summed E-state index contributed by atoms with van der Waals surface area (Å²) >= 11 is 0. The van der Waals surface area contributed by atoms with Gasteiger partial charge in [0, 0.05) is 6.42 Å². The first kappa shape index (κ1) is 13.0. The van der Waals surface area contributed by atoms with Crippen LogP contribution in [0.25, 0.3) is 0 Å². The van der Waals surface area contributed by atoms with Gasteiger partial charge in [-0.05, 0) is 39.7 Å². The highest BCUT2D eigenvalue weighted by Gasteiger charge is 2.36. The number of carbonyl (C=O) groups is 2. The van der Waals surface area contributed by atoms with Gasteiger partial charge in [0.05, 0.1) is 0 Å². The molecule has 0 aliphatic carbocycles. The fourth-order valence-electron chi connectivity index (χ4n) is 1.88. The van der Waals surface area contributed by atoms with Gasteiger partial charge in [-0.15, -0.1) is 0 Å². The molecule has 92 valence electrons. The van der Waals surface area contributed by atoms with Gasteiger partial charge in [-0.3, -0.25) is 9.59 Å². The topological polar surface area (TPSA) is 81.4 Å². The SMILES string of the molecule is CC(C)(C)OC(=O)[C@H]1NCC[C@H]1CC(N)=O. The third-order valence-corrected chi connectivity index (χ3v) is 2.47. The molecule has 0 aromatic rings. The van der Waals surface area contributed by atoms with E-state index >= 15 is 0 Å². The normalized spacial score (nSPS) is 25.4. The maximum absolute atomic E-state index is 11.8. The number of amides is 1. The van der Waals surface area contributed by atoms with Crippen molar-refractivity contribution in [2.24, 2.45) is 11.7 Å². The number of carbonyl (C=O) groups excluding carboxylic acids is 2. The van der Waals surface area contributed by atoms with Crippen LogP contribution in [0.15, 0.2) is 0 Å². The van der Waals surface area contributed by atoms with Gasteiger partial charge in [-0.25, -0.2) is 0 Å². The zero-order chi connectivity index (χ0) is 12.3. The van der Waals surface area contributed by atoms with E-state index < -0.39 is 11.6 Å². The molecule has 5 heteroatoms. The Morgan fingerprint density at radius 1 is 1.44 bits per heavy atom. The number of rotatable bonds is 3. The zero-order valence-corrected chi connectivity index (χ0v) is 10.1. The molecule has 16 heavy (non-hydrogen) atoms. The predicted molar refractivity (Wildman–Crippen MR) is 59.6 cm³/mol. The first-order valence-corrected chi connectivity index (χ1v) is 5.54. The van der Waals surface area contributed by atoms with Crippen LogP contribution in [0.4, 0.5) is 0 Å². The molecule has 1 saturated heterocycles. The minimum atomic E-state index is -0.501.